The highest BCUT2D eigenvalue weighted by molar-refractivity contribution is 14.1. The lowest BCUT2D eigenvalue weighted by Gasteiger charge is -2.29. The van der Waals surface area contributed by atoms with Gasteiger partial charge in [0.2, 0.25) is 5.91 Å². The van der Waals surface area contributed by atoms with Crippen LogP contribution in [0.1, 0.15) is 27.2 Å². The van der Waals surface area contributed by atoms with E-state index in [1.54, 1.807) is 26.8 Å². The molecular formula is C15H20FIN2O4. The van der Waals surface area contributed by atoms with Crippen molar-refractivity contribution in [2.24, 2.45) is 5.41 Å². The number of carbonyl (C=O) groups is 2. The second-order valence-electron chi connectivity index (χ2n) is 6.23. The Kier molecular flexibility index (Phi) is 6.75. The first-order valence-corrected chi connectivity index (χ1v) is 8.02. The van der Waals surface area contributed by atoms with Crippen molar-refractivity contribution in [3.8, 4) is 0 Å². The monoisotopic (exact) mass is 438 g/mol. The Bertz CT molecular complexity index is 589. The second kappa shape index (κ2) is 7.91. The number of hydrogen-bond acceptors (Lipinski definition) is 3. The minimum Gasteiger partial charge on any atom is -0.465 e. The van der Waals surface area contributed by atoms with E-state index in [9.17, 15) is 19.1 Å². The zero-order valence-electron chi connectivity index (χ0n) is 13.1. The molecule has 0 aromatic heterocycles. The van der Waals surface area contributed by atoms with Crippen LogP contribution in [0.3, 0.4) is 0 Å². The molecule has 2 amide bonds. The highest BCUT2D eigenvalue weighted by Gasteiger charge is 2.30. The molecule has 0 heterocycles. The summed E-state index contributed by atoms with van der Waals surface area (Å²) < 4.78 is 14.5. The summed E-state index contributed by atoms with van der Waals surface area (Å²) in [4.78, 5) is 23.1. The zero-order chi connectivity index (χ0) is 17.8. The van der Waals surface area contributed by atoms with E-state index in [1.165, 1.54) is 12.1 Å². The molecule has 0 bridgehead atoms. The van der Waals surface area contributed by atoms with Crippen LogP contribution in [0.15, 0.2) is 18.2 Å². The lowest BCUT2D eigenvalue weighted by molar-refractivity contribution is -0.119. The Hall–Kier alpha value is -1.42. The smallest absolute Gasteiger partial charge is 0.405 e. The first kappa shape index (κ1) is 19.6. The van der Waals surface area contributed by atoms with E-state index < -0.39 is 35.4 Å². The molecule has 0 saturated carbocycles. The number of benzene rings is 1. The van der Waals surface area contributed by atoms with Gasteiger partial charge in [-0.2, -0.15) is 0 Å². The molecule has 6 nitrogen and oxygen atoms in total. The van der Waals surface area contributed by atoms with Gasteiger partial charge in [0.05, 0.1) is 11.8 Å². The van der Waals surface area contributed by atoms with Gasteiger partial charge in [-0.1, -0.05) is 20.8 Å². The lowest BCUT2D eigenvalue weighted by atomic mass is 9.85. The topological polar surface area (TPSA) is 98.7 Å². The fourth-order valence-electron chi connectivity index (χ4n) is 1.77. The average Bonchev–Trinajstić information content (AvgIpc) is 2.39. The molecule has 1 rings (SSSR count). The van der Waals surface area contributed by atoms with E-state index in [4.69, 9.17) is 5.11 Å². The number of nitrogens with one attached hydrogen (secondary N) is 2. The first-order valence-electron chi connectivity index (χ1n) is 6.94. The average molecular weight is 438 g/mol. The molecule has 1 unspecified atom stereocenters. The van der Waals surface area contributed by atoms with E-state index >= 15 is 0 Å². The minimum absolute atomic E-state index is 0.0437. The van der Waals surface area contributed by atoms with Crippen LogP contribution >= 0.6 is 22.6 Å². The number of carbonyl (C=O) groups excluding carboxylic acids is 1. The first-order chi connectivity index (χ1) is 10.5. The van der Waals surface area contributed by atoms with Crippen molar-refractivity contribution in [1.82, 2.24) is 5.32 Å². The fourth-order valence-corrected chi connectivity index (χ4v) is 2.22. The van der Waals surface area contributed by atoms with Crippen LogP contribution in [-0.2, 0) is 4.79 Å². The molecule has 0 radical (unpaired) electrons. The van der Waals surface area contributed by atoms with Gasteiger partial charge < -0.3 is 20.8 Å². The van der Waals surface area contributed by atoms with Gasteiger partial charge in [-0.15, -0.1) is 0 Å². The summed E-state index contributed by atoms with van der Waals surface area (Å²) in [6, 6.07) is 3.07. The van der Waals surface area contributed by atoms with Gasteiger partial charge in [0.25, 0.3) is 0 Å². The van der Waals surface area contributed by atoms with E-state index in [0.29, 0.717) is 3.57 Å². The Morgan fingerprint density at radius 3 is 2.43 bits per heavy atom. The van der Waals surface area contributed by atoms with Crippen LogP contribution in [0.4, 0.5) is 14.9 Å². The number of aliphatic hydroxyl groups excluding tert-OH is 1. The standard InChI is InChI=1S/C15H20FIN2O4/c1-15(2,3)12(20)7-11(19-14(22)23)13(21)18-10-5-4-8(17)6-9(10)16/h4-6,11-12,19-20H,7H2,1-3H3,(H,18,21)(H,22,23)/t11-,12?/m0/s1. The fraction of sp³-hybridized carbons (Fsp3) is 0.467. The van der Waals surface area contributed by atoms with E-state index in [0.717, 1.165) is 0 Å². The molecule has 4 N–H and O–H groups in total. The molecule has 0 aliphatic carbocycles. The molecule has 0 saturated heterocycles. The van der Waals surface area contributed by atoms with Crippen LogP contribution in [0.2, 0.25) is 0 Å². The third-order valence-electron chi connectivity index (χ3n) is 3.26. The van der Waals surface area contributed by atoms with Crippen molar-refractivity contribution in [1.29, 1.82) is 0 Å². The number of halogens is 2. The molecule has 2 atom stereocenters. The molecule has 128 valence electrons. The third-order valence-corrected chi connectivity index (χ3v) is 3.93. The van der Waals surface area contributed by atoms with Crippen LogP contribution < -0.4 is 10.6 Å². The van der Waals surface area contributed by atoms with Gasteiger partial charge in [-0.25, -0.2) is 9.18 Å². The van der Waals surface area contributed by atoms with Gasteiger partial charge in [0.1, 0.15) is 11.9 Å². The molecule has 23 heavy (non-hydrogen) atoms. The molecule has 0 aliphatic heterocycles. The van der Waals surface area contributed by atoms with Crippen LogP contribution in [0, 0.1) is 14.8 Å². The summed E-state index contributed by atoms with van der Waals surface area (Å²) >= 11 is 1.93. The van der Waals surface area contributed by atoms with E-state index in [2.05, 4.69) is 10.6 Å². The quantitative estimate of drug-likeness (QED) is 0.532. The SMILES string of the molecule is CC(C)(C)C(O)C[C@H](NC(=O)O)C(=O)Nc1ccc(I)cc1F. The van der Waals surface area contributed by atoms with Crippen molar-refractivity contribution in [2.75, 3.05) is 5.32 Å². The highest BCUT2D eigenvalue weighted by atomic mass is 127. The van der Waals surface area contributed by atoms with Gasteiger partial charge in [0.15, 0.2) is 0 Å². The molecular weight excluding hydrogens is 418 g/mol. The van der Waals surface area contributed by atoms with Gasteiger partial charge in [-0.3, -0.25) is 4.79 Å². The van der Waals surface area contributed by atoms with Crippen molar-refractivity contribution in [3.63, 3.8) is 0 Å². The predicted molar refractivity (Wildman–Crippen MR) is 92.8 cm³/mol. The Balaban J connectivity index is 2.89. The minimum atomic E-state index is -1.39. The maximum atomic E-state index is 13.8. The van der Waals surface area contributed by atoms with Crippen LogP contribution in [-0.4, -0.2) is 34.4 Å². The summed E-state index contributed by atoms with van der Waals surface area (Å²) in [5.74, 6) is -1.34. The summed E-state index contributed by atoms with van der Waals surface area (Å²) in [6.07, 6.45) is -2.42. The Labute approximate surface area is 147 Å². The number of rotatable bonds is 5. The van der Waals surface area contributed by atoms with Crippen molar-refractivity contribution in [2.45, 2.75) is 39.3 Å². The predicted octanol–water partition coefficient (Wildman–Crippen LogP) is 2.80. The molecule has 1 aromatic carbocycles. The van der Waals surface area contributed by atoms with Gasteiger partial charge in [0, 0.05) is 9.99 Å². The van der Waals surface area contributed by atoms with E-state index in [1.807, 2.05) is 22.6 Å². The number of anilines is 1. The zero-order valence-corrected chi connectivity index (χ0v) is 15.2. The summed E-state index contributed by atoms with van der Waals surface area (Å²) in [5, 5.41) is 23.3. The largest absolute Gasteiger partial charge is 0.465 e. The van der Waals surface area contributed by atoms with Crippen molar-refractivity contribution >= 4 is 40.3 Å². The second-order valence-corrected chi connectivity index (χ2v) is 7.48. The Morgan fingerprint density at radius 1 is 1.35 bits per heavy atom. The van der Waals surface area contributed by atoms with Gasteiger partial charge in [-0.05, 0) is 46.2 Å². The molecule has 0 spiro atoms. The highest BCUT2D eigenvalue weighted by Crippen LogP contribution is 2.23. The summed E-state index contributed by atoms with van der Waals surface area (Å²) in [7, 11) is 0. The number of amides is 2. The van der Waals surface area contributed by atoms with Crippen LogP contribution in [0.5, 0.6) is 0 Å². The summed E-state index contributed by atoms with van der Waals surface area (Å²) in [6.45, 7) is 5.31. The van der Waals surface area contributed by atoms with Crippen molar-refractivity contribution in [3.05, 3.63) is 27.6 Å². The number of carboxylic acid groups (broad SMARTS) is 1. The normalized spacial score (nSPS) is 14.0. The lowest BCUT2D eigenvalue weighted by Crippen LogP contribution is -2.47. The van der Waals surface area contributed by atoms with E-state index in [-0.39, 0.29) is 12.1 Å². The maximum absolute atomic E-state index is 13.8. The molecule has 8 heteroatoms. The van der Waals surface area contributed by atoms with Gasteiger partial charge >= 0.3 is 6.09 Å². The maximum Gasteiger partial charge on any atom is 0.405 e. The van der Waals surface area contributed by atoms with Crippen molar-refractivity contribution < 1.29 is 24.2 Å². The molecule has 0 aliphatic rings. The molecule has 0 fully saturated rings. The molecule has 1 aromatic rings. The summed E-state index contributed by atoms with van der Waals surface area (Å²) in [5.41, 5.74) is -0.565. The Morgan fingerprint density at radius 2 is 1.96 bits per heavy atom. The third kappa shape index (κ3) is 6.30. The number of aliphatic hydroxyl groups is 1. The van der Waals surface area contributed by atoms with Crippen LogP contribution in [0.25, 0.3) is 0 Å². The number of hydrogen-bond donors (Lipinski definition) is 4.